The van der Waals surface area contributed by atoms with Crippen LogP contribution in [-0.4, -0.2) is 101 Å². The molecule has 1 aromatic carbocycles. The number of hydrogen-bond acceptors (Lipinski definition) is 14. The Kier molecular flexibility index (Phi) is 8.27. The summed E-state index contributed by atoms with van der Waals surface area (Å²) in [5.74, 6) is -0.422. The molecular formula is C26H33N11O6. The minimum atomic E-state index is -1.82. The van der Waals surface area contributed by atoms with Gasteiger partial charge in [0.25, 0.3) is 5.91 Å². The van der Waals surface area contributed by atoms with E-state index in [4.69, 9.17) is 27.7 Å². The third kappa shape index (κ3) is 5.59. The number of rotatable bonds is 9. The van der Waals surface area contributed by atoms with Gasteiger partial charge in [-0.05, 0) is 30.7 Å². The minimum Gasteiger partial charge on any atom is -0.398 e. The fourth-order valence-corrected chi connectivity index (χ4v) is 4.99. The number of hydrogen-bond donors (Lipinski definition) is 9. The maximum Gasteiger partial charge on any atom is 0.259 e. The number of carbonyl (C=O) groups excluding carboxylic acids is 1. The zero-order valence-corrected chi connectivity index (χ0v) is 23.0. The molecule has 0 radical (unpaired) electrons. The van der Waals surface area contributed by atoms with Crippen LogP contribution in [0, 0.1) is 0 Å². The predicted molar refractivity (Wildman–Crippen MR) is 158 cm³/mol. The Morgan fingerprint density at radius 1 is 1.26 bits per heavy atom. The molecular weight excluding hydrogens is 562 g/mol. The zero-order valence-electron chi connectivity index (χ0n) is 23.0. The molecule has 0 spiro atoms. The van der Waals surface area contributed by atoms with Gasteiger partial charge in [-0.2, -0.15) is 0 Å². The van der Waals surface area contributed by atoms with E-state index in [1.165, 1.54) is 28.2 Å². The minimum absolute atomic E-state index is 0.0180. The Balaban J connectivity index is 1.51. The number of carbonyl (C=O) groups is 1. The summed E-state index contributed by atoms with van der Waals surface area (Å²) >= 11 is 0. The number of anilines is 3. The third-order valence-electron chi connectivity index (χ3n) is 7.24. The van der Waals surface area contributed by atoms with Gasteiger partial charge in [0.05, 0.1) is 22.5 Å². The molecule has 0 saturated carbocycles. The van der Waals surface area contributed by atoms with Crippen molar-refractivity contribution in [2.75, 3.05) is 30.0 Å². The lowest BCUT2D eigenvalue weighted by Crippen LogP contribution is -2.47. The summed E-state index contributed by atoms with van der Waals surface area (Å²) < 4.78 is 7.44. The highest BCUT2D eigenvalue weighted by atomic mass is 16.6. The number of fused-ring (bicyclic) bond motifs is 2. The number of nitrogens with one attached hydrogen (secondary N) is 1. The van der Waals surface area contributed by atoms with Crippen molar-refractivity contribution >= 4 is 57.3 Å². The van der Waals surface area contributed by atoms with Gasteiger partial charge in [-0.1, -0.05) is 0 Å². The van der Waals surface area contributed by atoms with Crippen LogP contribution in [0.2, 0.25) is 0 Å². The van der Waals surface area contributed by atoms with Crippen molar-refractivity contribution in [3.05, 3.63) is 42.4 Å². The number of H-pyrrole nitrogens is 1. The van der Waals surface area contributed by atoms with Crippen LogP contribution in [0.5, 0.6) is 0 Å². The first-order valence-electron chi connectivity index (χ1n) is 13.2. The van der Waals surface area contributed by atoms with E-state index in [2.05, 4.69) is 24.9 Å². The largest absolute Gasteiger partial charge is 0.398 e. The van der Waals surface area contributed by atoms with Crippen molar-refractivity contribution in [1.29, 1.82) is 0 Å². The molecule has 228 valence electrons. The Hall–Kier alpha value is -4.65. The number of aliphatic hydroxyl groups is 4. The van der Waals surface area contributed by atoms with Crippen LogP contribution in [0.4, 0.5) is 17.5 Å². The molecule has 3 aromatic heterocycles. The molecule has 0 bridgehead atoms. The van der Waals surface area contributed by atoms with Crippen LogP contribution in [-0.2, 0) is 9.53 Å². The normalized spacial score (nSPS) is 21.9. The van der Waals surface area contributed by atoms with E-state index in [1.807, 2.05) is 0 Å². The van der Waals surface area contributed by atoms with Gasteiger partial charge in [-0.25, -0.2) is 15.0 Å². The van der Waals surface area contributed by atoms with Crippen LogP contribution in [0.3, 0.4) is 0 Å². The van der Waals surface area contributed by atoms with E-state index in [0.29, 0.717) is 27.7 Å². The number of aliphatic hydroxyl groups excluding tert-OH is 3. The van der Waals surface area contributed by atoms with E-state index in [1.54, 1.807) is 31.3 Å². The monoisotopic (exact) mass is 595 g/mol. The summed E-state index contributed by atoms with van der Waals surface area (Å²) in [6, 6.07) is 3.80. The molecule has 5 rings (SSSR count). The van der Waals surface area contributed by atoms with Crippen LogP contribution in [0.15, 0.2) is 41.8 Å². The molecule has 43 heavy (non-hydrogen) atoms. The number of aliphatic imine (C=N–C) groups is 1. The number of amides is 1. The zero-order chi connectivity index (χ0) is 31.0. The number of benzene rings is 1. The van der Waals surface area contributed by atoms with E-state index in [9.17, 15) is 25.2 Å². The first-order valence-corrected chi connectivity index (χ1v) is 13.2. The van der Waals surface area contributed by atoms with Gasteiger partial charge in [0.2, 0.25) is 0 Å². The van der Waals surface area contributed by atoms with Crippen molar-refractivity contribution in [2.24, 2.45) is 16.5 Å². The van der Waals surface area contributed by atoms with E-state index in [0.717, 1.165) is 0 Å². The van der Waals surface area contributed by atoms with Gasteiger partial charge in [0, 0.05) is 43.0 Å². The number of nitrogen functional groups attached to an aromatic ring is 2. The quantitative estimate of drug-likeness (QED) is 0.0759. The topological polar surface area (TPSA) is 286 Å². The van der Waals surface area contributed by atoms with Gasteiger partial charge in [-0.15, -0.1) is 0 Å². The lowest BCUT2D eigenvalue weighted by atomic mass is 10.1. The molecule has 17 nitrogen and oxygen atoms in total. The van der Waals surface area contributed by atoms with Gasteiger partial charge >= 0.3 is 0 Å². The fraction of sp³-hybridized carbons (Fsp3) is 0.346. The van der Waals surface area contributed by atoms with Gasteiger partial charge in [-0.3, -0.25) is 9.79 Å². The Labute approximate surface area is 244 Å². The number of allylic oxidation sites excluding steroid dienone is 1. The molecule has 1 fully saturated rings. The second-order valence-corrected chi connectivity index (χ2v) is 10.0. The van der Waals surface area contributed by atoms with Gasteiger partial charge in [0.15, 0.2) is 24.6 Å². The number of nitrogens with zero attached hydrogens (tertiary/aromatic N) is 6. The SMILES string of the molecule is CN=CC=C(N)c1cn([C@@H]2O[C@H](C(=O)N(CC[C@H](N)C(O)O)c3ccc4nc(N)[nH]c4c3)[C@@H](O)[C@H]2O)c2ncnc(N)c12. The molecule has 0 unspecified atom stereocenters. The number of ether oxygens (including phenoxy) is 1. The van der Waals surface area contributed by atoms with Crippen LogP contribution < -0.4 is 27.8 Å². The van der Waals surface area contributed by atoms with Crippen LogP contribution in [0.1, 0.15) is 18.2 Å². The molecule has 1 aliphatic rings. The molecule has 1 saturated heterocycles. The second kappa shape index (κ2) is 11.9. The lowest BCUT2D eigenvalue weighted by Gasteiger charge is -2.28. The molecule has 1 amide bonds. The van der Waals surface area contributed by atoms with E-state index < -0.39 is 42.8 Å². The van der Waals surface area contributed by atoms with Gasteiger partial charge < -0.3 is 62.5 Å². The predicted octanol–water partition coefficient (Wildman–Crippen LogP) is -1.85. The fourth-order valence-electron chi connectivity index (χ4n) is 4.99. The molecule has 5 atom stereocenters. The summed E-state index contributed by atoms with van der Waals surface area (Å²) in [5, 5.41) is 41.5. The Morgan fingerprint density at radius 2 is 2.02 bits per heavy atom. The number of aromatic nitrogens is 5. The highest BCUT2D eigenvalue weighted by Crippen LogP contribution is 2.37. The summed E-state index contributed by atoms with van der Waals surface area (Å²) in [7, 11) is 1.58. The maximum atomic E-state index is 14.0. The molecule has 17 heteroatoms. The average Bonchev–Trinajstić information content (AvgIpc) is 3.64. The smallest absolute Gasteiger partial charge is 0.259 e. The number of aromatic amines is 1. The number of imidazole rings is 1. The highest BCUT2D eigenvalue weighted by Gasteiger charge is 2.49. The van der Waals surface area contributed by atoms with Gasteiger partial charge in [0.1, 0.15) is 30.0 Å². The second-order valence-electron chi connectivity index (χ2n) is 10.0. The lowest BCUT2D eigenvalue weighted by molar-refractivity contribution is -0.135. The third-order valence-corrected chi connectivity index (χ3v) is 7.24. The van der Waals surface area contributed by atoms with Crippen molar-refractivity contribution in [3.8, 4) is 0 Å². The molecule has 4 aromatic rings. The summed E-state index contributed by atoms with van der Waals surface area (Å²) in [4.78, 5) is 34.5. The number of nitrogens with two attached hydrogens (primary N) is 4. The Bertz CT molecular complexity index is 1700. The van der Waals surface area contributed by atoms with Crippen molar-refractivity contribution in [3.63, 3.8) is 0 Å². The van der Waals surface area contributed by atoms with Crippen LogP contribution >= 0.6 is 0 Å². The molecule has 0 aliphatic carbocycles. The first kappa shape index (κ1) is 29.8. The molecule has 13 N–H and O–H groups in total. The van der Waals surface area contributed by atoms with E-state index >= 15 is 0 Å². The summed E-state index contributed by atoms with van der Waals surface area (Å²) in [6.07, 6.45) is -2.09. The first-order chi connectivity index (χ1) is 20.5. The highest BCUT2D eigenvalue weighted by molar-refractivity contribution is 6.00. The molecule has 4 heterocycles. The maximum absolute atomic E-state index is 14.0. The Morgan fingerprint density at radius 3 is 2.74 bits per heavy atom. The summed E-state index contributed by atoms with van der Waals surface area (Å²) in [6.45, 7) is -0.0826. The van der Waals surface area contributed by atoms with Crippen molar-refractivity contribution in [1.82, 2.24) is 24.5 Å². The summed E-state index contributed by atoms with van der Waals surface area (Å²) in [5.41, 5.74) is 26.4. The van der Waals surface area contributed by atoms with E-state index in [-0.39, 0.29) is 36.1 Å². The molecule has 1 aliphatic heterocycles. The standard InChI is InChI=1S/C26H33N11O6/c1-31-6-4-13(27)12-9-37(22-17(12)21(29)32-10-33-22)24-19(39)18(38)20(43-24)23(40)36(7-5-14(28)25(41)42)11-2-3-15-16(8-11)35-26(30)34-15/h2-4,6,8-10,14,18-20,24-25,38-39,41-42H,5,7,27-28H2,1H3,(H2,29,32,33)(H3,30,34,35)/t14-,18-,19+,20-,24+/m0/s1. The van der Waals surface area contributed by atoms with Crippen molar-refractivity contribution in [2.45, 2.75) is 43.3 Å². The van der Waals surface area contributed by atoms with Crippen molar-refractivity contribution < 1.29 is 30.0 Å². The average molecular weight is 596 g/mol. The van der Waals surface area contributed by atoms with Crippen LogP contribution in [0.25, 0.3) is 27.8 Å².